The van der Waals surface area contributed by atoms with Gasteiger partial charge in [-0.25, -0.2) is 19.9 Å². The molecule has 2 aliphatic carbocycles. The Morgan fingerprint density at radius 1 is 0.411 bits per heavy atom. The fourth-order valence-electron chi connectivity index (χ4n) is 6.62. The molecule has 0 spiro atoms. The predicted molar refractivity (Wildman–Crippen MR) is 224 cm³/mol. The van der Waals surface area contributed by atoms with Gasteiger partial charge in [-0.05, 0) is 60.7 Å². The topological polar surface area (TPSA) is 110 Å². The molecule has 7 aromatic rings. The van der Waals surface area contributed by atoms with Crippen LogP contribution in [-0.2, 0) is 9.59 Å². The van der Waals surface area contributed by atoms with Gasteiger partial charge in [-0.3, -0.25) is 9.59 Å². The predicted octanol–water partition coefficient (Wildman–Crippen LogP) is 10.2. The van der Waals surface area contributed by atoms with Crippen LogP contribution in [0.15, 0.2) is 193 Å². The van der Waals surface area contributed by atoms with E-state index < -0.39 is 0 Å². The molecule has 0 atom stereocenters. The van der Waals surface area contributed by atoms with Gasteiger partial charge in [0.05, 0.1) is 22.4 Å². The largest absolute Gasteiger partial charge is 0.361 e. The Hall–Kier alpha value is -7.84. The Balaban J connectivity index is 1.06. The normalized spacial score (nSPS) is 15.0. The van der Waals surface area contributed by atoms with Crippen molar-refractivity contribution in [3.63, 3.8) is 0 Å². The maximum Gasteiger partial charge on any atom is 0.187 e. The van der Waals surface area contributed by atoms with Gasteiger partial charge in [0.2, 0.25) is 0 Å². The van der Waals surface area contributed by atoms with Gasteiger partial charge in [0, 0.05) is 67.9 Å². The molecule has 0 radical (unpaired) electrons. The van der Waals surface area contributed by atoms with E-state index >= 15 is 0 Å². The van der Waals surface area contributed by atoms with Gasteiger partial charge in [0.1, 0.15) is 0 Å². The van der Waals surface area contributed by atoms with Crippen LogP contribution in [0.25, 0.3) is 67.1 Å². The minimum Gasteiger partial charge on any atom is -0.361 e. The molecule has 8 nitrogen and oxygen atoms in total. The van der Waals surface area contributed by atoms with Crippen molar-refractivity contribution in [2.24, 2.45) is 0 Å². The molecule has 0 bridgehead atoms. The minimum atomic E-state index is -0.0461. The first-order valence-electron chi connectivity index (χ1n) is 18.1. The van der Waals surface area contributed by atoms with Crippen LogP contribution >= 0.6 is 0 Å². The van der Waals surface area contributed by atoms with Gasteiger partial charge in [-0.1, -0.05) is 109 Å². The number of anilines is 2. The Morgan fingerprint density at radius 2 is 0.821 bits per heavy atom. The third-order valence-electron chi connectivity index (χ3n) is 9.51. The Labute approximate surface area is 322 Å². The summed E-state index contributed by atoms with van der Waals surface area (Å²) in [5, 5.41) is 8.32. The molecule has 0 fully saturated rings. The molecule has 56 heavy (non-hydrogen) atoms. The summed E-state index contributed by atoms with van der Waals surface area (Å²) in [7, 11) is 0. The Bertz CT molecular complexity index is 2670. The standard InChI is InChI=1S/C48H32N6O2/c55-43-17-9-7-15-35(43)29-49-37-23-25-41-39(27-37)45(31-11-3-1-4-12-31)53-47(51-41)33-19-21-34(22-20-33)48-52-42-26-24-38(50-30-36-16-8-10-18-44(36)56)28-40(42)46(54-48)32-13-5-2-6-14-32/h1-30,49-50H. The average Bonchev–Trinajstić information content (AvgIpc) is 3.25. The number of benzene rings is 5. The number of aromatic nitrogens is 4. The quantitative estimate of drug-likeness (QED) is 0.149. The van der Waals surface area contributed by atoms with E-state index in [0.29, 0.717) is 22.8 Å². The fourth-order valence-corrected chi connectivity index (χ4v) is 6.62. The molecule has 8 heteroatoms. The third-order valence-corrected chi connectivity index (χ3v) is 9.51. The second-order valence-corrected chi connectivity index (χ2v) is 13.2. The van der Waals surface area contributed by atoms with Crippen LogP contribution in [0.2, 0.25) is 0 Å². The van der Waals surface area contributed by atoms with Crippen LogP contribution in [0, 0.1) is 0 Å². The van der Waals surface area contributed by atoms with Crippen molar-refractivity contribution >= 4 is 44.7 Å². The molecule has 0 saturated heterocycles. The van der Waals surface area contributed by atoms with Crippen molar-refractivity contribution in [3.8, 4) is 45.3 Å². The molecule has 2 aromatic heterocycles. The summed E-state index contributed by atoms with van der Waals surface area (Å²) in [6.45, 7) is 0. The summed E-state index contributed by atoms with van der Waals surface area (Å²) < 4.78 is 0. The van der Waals surface area contributed by atoms with Crippen LogP contribution in [-0.4, -0.2) is 31.5 Å². The van der Waals surface area contributed by atoms with E-state index in [-0.39, 0.29) is 11.6 Å². The molecule has 0 saturated carbocycles. The van der Waals surface area contributed by atoms with Gasteiger partial charge in [-0.2, -0.15) is 0 Å². The molecule has 266 valence electrons. The van der Waals surface area contributed by atoms with Gasteiger partial charge >= 0.3 is 0 Å². The number of hydrogen-bond acceptors (Lipinski definition) is 8. The number of carbonyl (C=O) groups is 2. The second-order valence-electron chi connectivity index (χ2n) is 13.2. The third kappa shape index (κ3) is 6.98. The highest BCUT2D eigenvalue weighted by Crippen LogP contribution is 2.34. The highest BCUT2D eigenvalue weighted by Gasteiger charge is 2.16. The number of fused-ring (bicyclic) bond motifs is 2. The highest BCUT2D eigenvalue weighted by atomic mass is 16.1. The first-order chi connectivity index (χ1) is 27.6. The van der Waals surface area contributed by atoms with E-state index in [1.165, 1.54) is 0 Å². The SMILES string of the molecule is O=C1C=CC=CC1=CNc1ccc2nc(-c3ccc(-c4nc(-c5ccccc5)c5cc(NC=C6C=CC=CC6=O)ccc5n4)cc3)nc(-c3ccccc3)c2c1. The Kier molecular flexibility index (Phi) is 9.03. The summed E-state index contributed by atoms with van der Waals surface area (Å²) in [5.74, 6) is 1.10. The van der Waals surface area contributed by atoms with E-state index in [2.05, 4.69) is 10.6 Å². The van der Waals surface area contributed by atoms with Crippen molar-refractivity contribution in [3.05, 3.63) is 193 Å². The number of carbonyl (C=O) groups excluding carboxylic acids is 2. The summed E-state index contributed by atoms with van der Waals surface area (Å²) in [6, 6.07) is 40.0. The lowest BCUT2D eigenvalue weighted by Gasteiger charge is -2.13. The van der Waals surface area contributed by atoms with Crippen molar-refractivity contribution in [2.75, 3.05) is 10.6 Å². The molecule has 2 aliphatic rings. The smallest absolute Gasteiger partial charge is 0.187 e. The van der Waals surface area contributed by atoms with Gasteiger partial charge in [-0.15, -0.1) is 0 Å². The number of ketones is 2. The van der Waals surface area contributed by atoms with Crippen LogP contribution in [0.1, 0.15) is 0 Å². The molecule has 0 unspecified atom stereocenters. The molecular weight excluding hydrogens is 693 g/mol. The highest BCUT2D eigenvalue weighted by molar-refractivity contribution is 6.08. The minimum absolute atomic E-state index is 0.0461. The van der Waals surface area contributed by atoms with Crippen molar-refractivity contribution < 1.29 is 9.59 Å². The zero-order chi connectivity index (χ0) is 37.8. The molecule has 2 heterocycles. The lowest BCUT2D eigenvalue weighted by Crippen LogP contribution is -2.02. The number of rotatable bonds is 8. The molecule has 5 aromatic carbocycles. The maximum atomic E-state index is 12.3. The van der Waals surface area contributed by atoms with Crippen molar-refractivity contribution in [1.82, 2.24) is 19.9 Å². The maximum absolute atomic E-state index is 12.3. The fraction of sp³-hybridized carbons (Fsp3) is 0. The summed E-state index contributed by atoms with van der Waals surface area (Å²) >= 11 is 0. The van der Waals surface area contributed by atoms with Gasteiger partial charge in [0.15, 0.2) is 23.2 Å². The van der Waals surface area contributed by atoms with Gasteiger partial charge in [0.25, 0.3) is 0 Å². The monoisotopic (exact) mass is 724 g/mol. The number of hydrogen-bond donors (Lipinski definition) is 2. The lowest BCUT2D eigenvalue weighted by molar-refractivity contribution is -0.111. The van der Waals surface area contributed by atoms with E-state index in [1.54, 1.807) is 48.9 Å². The lowest BCUT2D eigenvalue weighted by atomic mass is 10.0. The van der Waals surface area contributed by atoms with E-state index in [9.17, 15) is 9.59 Å². The molecule has 0 aliphatic heterocycles. The first-order valence-corrected chi connectivity index (χ1v) is 18.1. The van der Waals surface area contributed by atoms with Crippen LogP contribution in [0.3, 0.4) is 0 Å². The molecule has 9 rings (SSSR count). The van der Waals surface area contributed by atoms with Gasteiger partial charge < -0.3 is 10.6 Å². The molecule has 2 N–H and O–H groups in total. The van der Waals surface area contributed by atoms with E-state index in [1.807, 2.05) is 133 Å². The number of nitrogens with one attached hydrogen (secondary N) is 2. The van der Waals surface area contributed by atoms with E-state index in [0.717, 1.165) is 66.8 Å². The summed E-state index contributed by atoms with van der Waals surface area (Å²) in [5.41, 5.74) is 9.63. The molecular formula is C48H32N6O2. The summed E-state index contributed by atoms with van der Waals surface area (Å²) in [4.78, 5) is 44.7. The van der Waals surface area contributed by atoms with E-state index in [4.69, 9.17) is 19.9 Å². The average molecular weight is 725 g/mol. The zero-order valence-corrected chi connectivity index (χ0v) is 29.9. The first kappa shape index (κ1) is 34.0. The Morgan fingerprint density at radius 3 is 1.23 bits per heavy atom. The summed E-state index contributed by atoms with van der Waals surface area (Å²) in [6.07, 6.45) is 17.3. The van der Waals surface area contributed by atoms with Crippen LogP contribution in [0.4, 0.5) is 11.4 Å². The van der Waals surface area contributed by atoms with Crippen LogP contribution in [0.5, 0.6) is 0 Å². The number of allylic oxidation sites excluding steroid dienone is 10. The molecule has 0 amide bonds. The second kappa shape index (κ2) is 14.9. The zero-order valence-electron chi connectivity index (χ0n) is 29.9. The van der Waals surface area contributed by atoms with Crippen LogP contribution < -0.4 is 10.6 Å². The van der Waals surface area contributed by atoms with Crippen molar-refractivity contribution in [1.29, 1.82) is 0 Å². The van der Waals surface area contributed by atoms with Crippen molar-refractivity contribution in [2.45, 2.75) is 0 Å². The number of nitrogens with zero attached hydrogens (tertiary/aromatic N) is 4.